The van der Waals surface area contributed by atoms with Crippen LogP contribution in [-0.2, 0) is 19.5 Å². The van der Waals surface area contributed by atoms with Gasteiger partial charge in [-0.1, -0.05) is 0 Å². The Morgan fingerprint density at radius 3 is 2.59 bits per heavy atom. The summed E-state index contributed by atoms with van der Waals surface area (Å²) >= 11 is 0. The maximum Gasteiger partial charge on any atom is 0.244 e. The molecule has 5 rings (SSSR count). The van der Waals surface area contributed by atoms with Gasteiger partial charge in [-0.3, -0.25) is 9.88 Å². The number of rotatable bonds is 6. The van der Waals surface area contributed by atoms with E-state index in [9.17, 15) is 8.42 Å². The molecule has 0 radical (unpaired) electrons. The van der Waals surface area contributed by atoms with Crippen molar-refractivity contribution in [3.63, 3.8) is 0 Å². The molecule has 1 aliphatic carbocycles. The Labute approximate surface area is 173 Å². The van der Waals surface area contributed by atoms with Crippen molar-refractivity contribution >= 4 is 10.0 Å². The maximum absolute atomic E-state index is 12.9. The summed E-state index contributed by atoms with van der Waals surface area (Å²) in [5.41, 5.74) is 0.0994. The smallest absolute Gasteiger partial charge is 0.244 e. The molecule has 1 spiro atoms. The van der Waals surface area contributed by atoms with Gasteiger partial charge in [-0.2, -0.15) is 4.31 Å². The van der Waals surface area contributed by atoms with Crippen molar-refractivity contribution in [2.45, 2.75) is 61.1 Å². The van der Waals surface area contributed by atoms with Gasteiger partial charge in [-0.15, -0.1) is 0 Å². The van der Waals surface area contributed by atoms with Crippen LogP contribution in [0.1, 0.15) is 38.5 Å². The van der Waals surface area contributed by atoms with E-state index in [1.807, 2.05) is 0 Å². The molecule has 0 N–H and O–H groups in total. The largest absolute Gasteiger partial charge is 0.381 e. The lowest BCUT2D eigenvalue weighted by molar-refractivity contribution is -0.217. The van der Waals surface area contributed by atoms with Gasteiger partial charge in [0.15, 0.2) is 0 Å². The molecule has 4 aliphatic rings. The predicted molar refractivity (Wildman–Crippen MR) is 108 cm³/mol. The minimum Gasteiger partial charge on any atom is -0.381 e. The molecule has 3 saturated heterocycles. The molecule has 3 aliphatic heterocycles. The molecule has 1 saturated carbocycles. The van der Waals surface area contributed by atoms with E-state index < -0.39 is 10.0 Å². The van der Waals surface area contributed by atoms with E-state index in [4.69, 9.17) is 9.47 Å². The summed E-state index contributed by atoms with van der Waals surface area (Å²) in [4.78, 5) is 6.89. The zero-order chi connectivity index (χ0) is 19.9. The number of sulfonamides is 1. The van der Waals surface area contributed by atoms with E-state index >= 15 is 0 Å². The lowest BCUT2D eigenvalue weighted by atomic mass is 9.73. The molecule has 8 heteroatoms. The average Bonchev–Trinajstić information content (AvgIpc) is 3.59. The molecule has 1 aromatic heterocycles. The number of pyridine rings is 1. The zero-order valence-electron chi connectivity index (χ0n) is 16.9. The molecule has 1 unspecified atom stereocenters. The van der Waals surface area contributed by atoms with E-state index in [0.29, 0.717) is 25.2 Å². The van der Waals surface area contributed by atoms with Crippen LogP contribution in [0, 0.1) is 5.92 Å². The minimum absolute atomic E-state index is 0.0994. The first-order valence-corrected chi connectivity index (χ1v) is 12.4. The Morgan fingerprint density at radius 2 is 1.93 bits per heavy atom. The van der Waals surface area contributed by atoms with Crippen LogP contribution in [0.25, 0.3) is 0 Å². The van der Waals surface area contributed by atoms with Crippen LogP contribution < -0.4 is 0 Å². The summed E-state index contributed by atoms with van der Waals surface area (Å²) in [6.07, 6.45) is 9.78. The highest BCUT2D eigenvalue weighted by molar-refractivity contribution is 7.89. The second-order valence-electron chi connectivity index (χ2n) is 8.96. The van der Waals surface area contributed by atoms with Gasteiger partial charge < -0.3 is 9.47 Å². The number of piperidine rings is 1. The van der Waals surface area contributed by atoms with Gasteiger partial charge >= 0.3 is 0 Å². The van der Waals surface area contributed by atoms with Crippen molar-refractivity contribution in [3.05, 3.63) is 24.5 Å². The summed E-state index contributed by atoms with van der Waals surface area (Å²) in [5.74, 6) is 0.780. The molecule has 0 aromatic carbocycles. The number of nitrogens with zero attached hydrogens (tertiary/aromatic N) is 3. The average molecular weight is 422 g/mol. The van der Waals surface area contributed by atoms with E-state index in [2.05, 4.69) is 9.88 Å². The second kappa shape index (κ2) is 7.89. The van der Waals surface area contributed by atoms with Crippen molar-refractivity contribution < 1.29 is 17.9 Å². The first-order chi connectivity index (χ1) is 14.1. The fraction of sp³-hybridized carbons (Fsp3) is 0.762. The number of ether oxygens (including phenoxy) is 2. The molecule has 160 valence electrons. The Balaban J connectivity index is 1.23. The van der Waals surface area contributed by atoms with Gasteiger partial charge in [0.25, 0.3) is 0 Å². The quantitative estimate of drug-likeness (QED) is 0.699. The van der Waals surface area contributed by atoms with Gasteiger partial charge in [0.1, 0.15) is 4.90 Å². The molecule has 0 bridgehead atoms. The molecule has 7 nitrogen and oxygen atoms in total. The van der Waals surface area contributed by atoms with Gasteiger partial charge in [0.05, 0.1) is 11.6 Å². The van der Waals surface area contributed by atoms with E-state index in [-0.39, 0.29) is 10.4 Å². The summed E-state index contributed by atoms with van der Waals surface area (Å²) in [6.45, 7) is 4.62. The first kappa shape index (κ1) is 19.9. The van der Waals surface area contributed by atoms with E-state index in [1.54, 1.807) is 22.6 Å². The van der Waals surface area contributed by atoms with Crippen LogP contribution in [-0.4, -0.2) is 79.7 Å². The van der Waals surface area contributed by atoms with Crippen LogP contribution >= 0.6 is 0 Å². The van der Waals surface area contributed by atoms with E-state index in [1.165, 1.54) is 19.0 Å². The molecule has 0 amide bonds. The van der Waals surface area contributed by atoms with Crippen LogP contribution in [0.3, 0.4) is 0 Å². The van der Waals surface area contributed by atoms with Crippen LogP contribution in [0.15, 0.2) is 29.4 Å². The Bertz CT molecular complexity index is 800. The van der Waals surface area contributed by atoms with Crippen LogP contribution in [0.4, 0.5) is 0 Å². The fourth-order valence-electron chi connectivity index (χ4n) is 5.24. The number of hydrogen-bond donors (Lipinski definition) is 0. The Morgan fingerprint density at radius 1 is 1.17 bits per heavy atom. The number of hydrogen-bond acceptors (Lipinski definition) is 6. The van der Waals surface area contributed by atoms with Gasteiger partial charge in [-0.25, -0.2) is 8.42 Å². The standard InChI is InChI=1S/C21H31N3O4S/c25-29(26,19-2-1-9-22-14-19)23-10-5-18(6-11-23)24-15-20(28-16-17-3-4-17)21(24)7-12-27-13-8-21/h1-2,9,14,17-18,20H,3-8,10-13,15-16H2. The Hall–Kier alpha value is -1.06. The van der Waals surface area contributed by atoms with Crippen molar-refractivity contribution in [3.8, 4) is 0 Å². The zero-order valence-corrected chi connectivity index (χ0v) is 17.7. The maximum atomic E-state index is 12.9. The van der Waals surface area contributed by atoms with Crippen LogP contribution in [0.2, 0.25) is 0 Å². The van der Waals surface area contributed by atoms with Crippen LogP contribution in [0.5, 0.6) is 0 Å². The number of aromatic nitrogens is 1. The van der Waals surface area contributed by atoms with Crippen molar-refractivity contribution in [2.24, 2.45) is 5.92 Å². The third-order valence-corrected chi connectivity index (χ3v) is 9.14. The topological polar surface area (TPSA) is 72.0 Å². The summed E-state index contributed by atoms with van der Waals surface area (Å²) < 4.78 is 39.4. The summed E-state index contributed by atoms with van der Waals surface area (Å²) in [5, 5.41) is 0. The molecule has 4 heterocycles. The minimum atomic E-state index is -3.45. The molecule has 4 fully saturated rings. The fourth-order valence-corrected chi connectivity index (χ4v) is 6.67. The second-order valence-corrected chi connectivity index (χ2v) is 10.9. The monoisotopic (exact) mass is 421 g/mol. The van der Waals surface area contributed by atoms with Gasteiger partial charge in [0.2, 0.25) is 10.0 Å². The van der Waals surface area contributed by atoms with Gasteiger partial charge in [-0.05, 0) is 56.6 Å². The molecule has 29 heavy (non-hydrogen) atoms. The SMILES string of the molecule is O=S(=O)(c1cccnc1)N1CCC(N2CC(OCC3CC3)C23CCOCC3)CC1. The Kier molecular flexibility index (Phi) is 5.41. The van der Waals surface area contributed by atoms with Gasteiger partial charge in [0, 0.05) is 57.9 Å². The first-order valence-electron chi connectivity index (χ1n) is 11.0. The molecular formula is C21H31N3O4S. The van der Waals surface area contributed by atoms with E-state index in [0.717, 1.165) is 58.0 Å². The highest BCUT2D eigenvalue weighted by atomic mass is 32.2. The predicted octanol–water partition coefficient (Wildman–Crippen LogP) is 1.89. The molecular weight excluding hydrogens is 390 g/mol. The molecule has 1 aromatic rings. The van der Waals surface area contributed by atoms with Crippen molar-refractivity contribution in [2.75, 3.05) is 39.5 Å². The normalized spacial score (nSPS) is 29.0. The third-order valence-electron chi connectivity index (χ3n) is 7.26. The highest BCUT2D eigenvalue weighted by Gasteiger charge is 2.57. The summed E-state index contributed by atoms with van der Waals surface area (Å²) in [6, 6.07) is 3.73. The highest BCUT2D eigenvalue weighted by Crippen LogP contribution is 2.45. The van der Waals surface area contributed by atoms with Crippen molar-refractivity contribution in [1.29, 1.82) is 0 Å². The summed E-state index contributed by atoms with van der Waals surface area (Å²) in [7, 11) is -3.45. The number of likely N-dealkylation sites (tertiary alicyclic amines) is 1. The lowest BCUT2D eigenvalue weighted by Crippen LogP contribution is -2.76. The van der Waals surface area contributed by atoms with Crippen molar-refractivity contribution in [1.82, 2.24) is 14.2 Å². The lowest BCUT2D eigenvalue weighted by Gasteiger charge is -2.63. The molecule has 1 atom stereocenters. The third kappa shape index (κ3) is 3.74.